The van der Waals surface area contributed by atoms with Crippen molar-refractivity contribution in [2.75, 3.05) is 19.6 Å². The monoisotopic (exact) mass is 216 g/mol. The molecule has 2 aliphatic heterocycles. The number of benzene rings is 1. The number of nitrogens with zero attached hydrogens (tertiary/aromatic N) is 1. The van der Waals surface area contributed by atoms with Gasteiger partial charge in [-0.1, -0.05) is 18.2 Å². The third kappa shape index (κ3) is 1.35. The van der Waals surface area contributed by atoms with Gasteiger partial charge in [0.15, 0.2) is 0 Å². The first-order chi connectivity index (χ1) is 7.77. The van der Waals surface area contributed by atoms with Crippen LogP contribution in [-0.4, -0.2) is 36.5 Å². The zero-order chi connectivity index (χ0) is 11.1. The van der Waals surface area contributed by atoms with Crippen LogP contribution in [0.1, 0.15) is 21.5 Å². The van der Waals surface area contributed by atoms with Gasteiger partial charge in [0.2, 0.25) is 0 Å². The van der Waals surface area contributed by atoms with Gasteiger partial charge >= 0.3 is 0 Å². The topological polar surface area (TPSA) is 32.3 Å². The summed E-state index contributed by atoms with van der Waals surface area (Å²) in [5.74, 6) is 0.228. The highest BCUT2D eigenvalue weighted by atomic mass is 16.2. The van der Waals surface area contributed by atoms with Crippen molar-refractivity contribution in [2.24, 2.45) is 0 Å². The predicted octanol–water partition coefficient (Wildman–Crippen LogP) is 0.965. The molecule has 1 atom stereocenters. The Morgan fingerprint density at radius 2 is 2.31 bits per heavy atom. The summed E-state index contributed by atoms with van der Waals surface area (Å²) in [4.78, 5) is 14.4. The molecule has 0 saturated carbocycles. The molecular weight excluding hydrogens is 200 g/mol. The van der Waals surface area contributed by atoms with E-state index in [0.717, 1.165) is 37.2 Å². The fourth-order valence-electron chi connectivity index (χ4n) is 2.81. The van der Waals surface area contributed by atoms with Crippen molar-refractivity contribution in [1.82, 2.24) is 10.2 Å². The molecule has 16 heavy (non-hydrogen) atoms. The number of hydrogen-bond donors (Lipinski definition) is 1. The minimum Gasteiger partial charge on any atom is -0.333 e. The Balaban J connectivity index is 2.07. The van der Waals surface area contributed by atoms with Crippen LogP contribution >= 0.6 is 0 Å². The van der Waals surface area contributed by atoms with E-state index in [1.165, 1.54) is 5.56 Å². The largest absolute Gasteiger partial charge is 0.333 e. The van der Waals surface area contributed by atoms with Crippen molar-refractivity contribution in [3.8, 4) is 0 Å². The summed E-state index contributed by atoms with van der Waals surface area (Å²) in [5, 5.41) is 3.36. The Labute approximate surface area is 95.4 Å². The Morgan fingerprint density at radius 1 is 1.44 bits per heavy atom. The van der Waals surface area contributed by atoms with Crippen molar-refractivity contribution < 1.29 is 4.79 Å². The smallest absolute Gasteiger partial charge is 0.254 e. The van der Waals surface area contributed by atoms with Crippen LogP contribution in [0.15, 0.2) is 18.2 Å². The molecule has 0 unspecified atom stereocenters. The van der Waals surface area contributed by atoms with Crippen molar-refractivity contribution in [3.05, 3.63) is 34.9 Å². The maximum Gasteiger partial charge on any atom is 0.254 e. The van der Waals surface area contributed by atoms with Crippen LogP contribution in [0, 0.1) is 6.92 Å². The highest BCUT2D eigenvalue weighted by molar-refractivity contribution is 5.98. The first-order valence-corrected chi connectivity index (χ1v) is 5.87. The van der Waals surface area contributed by atoms with E-state index >= 15 is 0 Å². The van der Waals surface area contributed by atoms with Crippen molar-refractivity contribution in [2.45, 2.75) is 19.4 Å². The molecule has 1 amide bonds. The van der Waals surface area contributed by atoms with Gasteiger partial charge in [-0.2, -0.15) is 0 Å². The van der Waals surface area contributed by atoms with Gasteiger partial charge < -0.3 is 10.2 Å². The van der Waals surface area contributed by atoms with E-state index in [1.54, 1.807) is 0 Å². The first-order valence-electron chi connectivity index (χ1n) is 5.87. The van der Waals surface area contributed by atoms with Gasteiger partial charge in [0.25, 0.3) is 5.91 Å². The zero-order valence-corrected chi connectivity index (χ0v) is 9.49. The molecule has 1 aromatic rings. The number of carbonyl (C=O) groups excluding carboxylic acids is 1. The number of fused-ring (bicyclic) bond motifs is 2. The van der Waals surface area contributed by atoms with Crippen LogP contribution < -0.4 is 5.32 Å². The van der Waals surface area contributed by atoms with E-state index in [9.17, 15) is 4.79 Å². The van der Waals surface area contributed by atoms with Gasteiger partial charge in [-0.25, -0.2) is 0 Å². The number of aryl methyl sites for hydroxylation is 1. The maximum absolute atomic E-state index is 12.4. The normalized spacial score (nSPS) is 23.9. The van der Waals surface area contributed by atoms with E-state index in [4.69, 9.17) is 0 Å². The molecular formula is C13H16N2O. The fraction of sp³-hybridized carbons (Fsp3) is 0.462. The quantitative estimate of drug-likeness (QED) is 0.700. The van der Waals surface area contributed by atoms with Crippen molar-refractivity contribution in [1.29, 1.82) is 0 Å². The minimum atomic E-state index is 0.228. The van der Waals surface area contributed by atoms with Gasteiger partial charge in [-0.3, -0.25) is 4.79 Å². The molecule has 3 heteroatoms. The standard InChI is InChI=1S/C13H16N2O/c1-9-3-2-4-10-7-11-8-14-5-6-15(11)13(16)12(9)10/h2-4,11,14H,5-8H2,1H3/t11-/m1/s1. The Hall–Kier alpha value is -1.35. The van der Waals surface area contributed by atoms with Gasteiger partial charge in [-0.05, 0) is 24.5 Å². The maximum atomic E-state index is 12.4. The third-order valence-electron chi connectivity index (χ3n) is 3.64. The van der Waals surface area contributed by atoms with Gasteiger partial charge in [0, 0.05) is 31.2 Å². The number of piperazine rings is 1. The molecule has 3 nitrogen and oxygen atoms in total. The summed E-state index contributed by atoms with van der Waals surface area (Å²) in [6.07, 6.45) is 0.996. The van der Waals surface area contributed by atoms with Crippen LogP contribution in [0.2, 0.25) is 0 Å². The average Bonchev–Trinajstić information content (AvgIpc) is 2.29. The molecule has 1 aromatic carbocycles. The van der Waals surface area contributed by atoms with Gasteiger partial charge in [0.05, 0.1) is 0 Å². The van der Waals surface area contributed by atoms with Crippen molar-refractivity contribution >= 4 is 5.91 Å². The second-order valence-electron chi connectivity index (χ2n) is 4.67. The lowest BCUT2D eigenvalue weighted by Crippen LogP contribution is -2.56. The SMILES string of the molecule is Cc1cccc2c1C(=O)N1CCNC[C@H]1C2. The summed E-state index contributed by atoms with van der Waals surface area (Å²) in [7, 11) is 0. The Kier molecular flexibility index (Phi) is 2.21. The summed E-state index contributed by atoms with van der Waals surface area (Å²) in [6, 6.07) is 6.52. The molecule has 1 N–H and O–H groups in total. The Morgan fingerprint density at radius 3 is 3.19 bits per heavy atom. The summed E-state index contributed by atoms with van der Waals surface area (Å²) in [5.41, 5.74) is 3.27. The lowest BCUT2D eigenvalue weighted by atomic mass is 9.89. The van der Waals surface area contributed by atoms with Crippen LogP contribution in [-0.2, 0) is 6.42 Å². The molecule has 0 bridgehead atoms. The molecule has 2 heterocycles. The second kappa shape index (κ2) is 3.59. The van der Waals surface area contributed by atoms with Crippen molar-refractivity contribution in [3.63, 3.8) is 0 Å². The number of amides is 1. The van der Waals surface area contributed by atoms with Gasteiger partial charge in [0.1, 0.15) is 0 Å². The highest BCUT2D eigenvalue weighted by Crippen LogP contribution is 2.26. The molecule has 1 fully saturated rings. The number of hydrogen-bond acceptors (Lipinski definition) is 2. The minimum absolute atomic E-state index is 0.228. The molecule has 0 aliphatic carbocycles. The molecule has 84 valence electrons. The van der Waals surface area contributed by atoms with E-state index in [0.29, 0.717) is 6.04 Å². The summed E-state index contributed by atoms with van der Waals surface area (Å²) < 4.78 is 0. The molecule has 0 aromatic heterocycles. The van der Waals surface area contributed by atoms with E-state index in [1.807, 2.05) is 24.0 Å². The molecule has 3 rings (SSSR count). The molecule has 0 spiro atoms. The second-order valence-corrected chi connectivity index (χ2v) is 4.67. The molecule has 2 aliphatic rings. The summed E-state index contributed by atoms with van der Waals surface area (Å²) in [6.45, 7) is 4.72. The lowest BCUT2D eigenvalue weighted by Gasteiger charge is -2.40. The van der Waals surface area contributed by atoms with Crippen LogP contribution in [0.3, 0.4) is 0 Å². The van der Waals surface area contributed by atoms with Crippen LogP contribution in [0.25, 0.3) is 0 Å². The van der Waals surface area contributed by atoms with E-state index in [2.05, 4.69) is 11.4 Å². The van der Waals surface area contributed by atoms with Gasteiger partial charge in [-0.15, -0.1) is 0 Å². The third-order valence-corrected chi connectivity index (χ3v) is 3.64. The molecule has 1 saturated heterocycles. The highest BCUT2D eigenvalue weighted by Gasteiger charge is 2.34. The number of nitrogens with one attached hydrogen (secondary N) is 1. The van der Waals surface area contributed by atoms with Crippen LogP contribution in [0.4, 0.5) is 0 Å². The number of rotatable bonds is 0. The fourth-order valence-corrected chi connectivity index (χ4v) is 2.81. The Bertz CT molecular complexity index is 442. The number of carbonyl (C=O) groups is 1. The summed E-state index contributed by atoms with van der Waals surface area (Å²) >= 11 is 0. The van der Waals surface area contributed by atoms with E-state index in [-0.39, 0.29) is 5.91 Å². The zero-order valence-electron chi connectivity index (χ0n) is 9.49. The first kappa shape index (κ1) is 9.85. The van der Waals surface area contributed by atoms with E-state index < -0.39 is 0 Å². The lowest BCUT2D eigenvalue weighted by molar-refractivity contribution is 0.0605. The predicted molar refractivity (Wildman–Crippen MR) is 62.6 cm³/mol. The average molecular weight is 216 g/mol. The van der Waals surface area contributed by atoms with Crippen LogP contribution in [0.5, 0.6) is 0 Å². The molecule has 0 radical (unpaired) electrons.